The van der Waals surface area contributed by atoms with E-state index in [1.165, 1.54) is 6.26 Å². The highest BCUT2D eigenvalue weighted by atomic mass is 32.2. The van der Waals surface area contributed by atoms with E-state index in [4.69, 9.17) is 0 Å². The van der Waals surface area contributed by atoms with Crippen molar-refractivity contribution in [3.8, 4) is 0 Å². The summed E-state index contributed by atoms with van der Waals surface area (Å²) in [5.41, 5.74) is 0.590. The Hall–Kier alpha value is -2.03. The first kappa shape index (κ1) is 27.5. The molecule has 4 aliphatic rings. The van der Waals surface area contributed by atoms with Crippen LogP contribution in [0.3, 0.4) is 0 Å². The molecule has 5 unspecified atom stereocenters. The number of Topliss-reactive ketones (excluding diaryl/α,β-unsaturated/α-hetero) is 2. The summed E-state index contributed by atoms with van der Waals surface area (Å²) in [6.07, 6.45) is 7.83. The van der Waals surface area contributed by atoms with Gasteiger partial charge in [0, 0.05) is 17.4 Å². The van der Waals surface area contributed by atoms with Gasteiger partial charge in [0.2, 0.25) is 0 Å². The normalized spacial score (nSPS) is 36.9. The highest BCUT2D eigenvalue weighted by Gasteiger charge is 2.68. The standard InChI is InChI=1S/C30H38O6S2/c1-27(2)23-11-13-29(27,17-37(5,33)34)25(31)21(23)15-19-7-9-20(10-8-19)16-22-24-12-14-30(26(22)32,28(24,3)4)18-38(6,35)36/h7-10,15-16,23-24H,5,11-14,17-18H2,1-4,6H3,(H,33,34)/b21-15+,22-16+. The van der Waals surface area contributed by atoms with Gasteiger partial charge in [-0.25, -0.2) is 12.6 Å². The molecule has 206 valence electrons. The Kier molecular flexibility index (Phi) is 5.97. The molecule has 0 aliphatic heterocycles. The van der Waals surface area contributed by atoms with Crippen molar-refractivity contribution < 1.29 is 26.8 Å². The van der Waals surface area contributed by atoms with E-state index < -0.39 is 41.3 Å². The molecule has 0 heterocycles. The molecular weight excluding hydrogens is 520 g/mol. The van der Waals surface area contributed by atoms with Crippen LogP contribution in [0.2, 0.25) is 0 Å². The molecule has 4 aliphatic carbocycles. The van der Waals surface area contributed by atoms with Crippen molar-refractivity contribution in [1.29, 1.82) is 0 Å². The second-order valence-electron chi connectivity index (χ2n) is 13.3. The average Bonchev–Trinajstić information content (AvgIpc) is 3.27. The molecule has 4 fully saturated rings. The van der Waals surface area contributed by atoms with E-state index in [1.54, 1.807) is 0 Å². The second kappa shape index (κ2) is 8.24. The monoisotopic (exact) mass is 558 g/mol. The molecule has 5 rings (SSSR count). The van der Waals surface area contributed by atoms with Crippen molar-refractivity contribution in [3.05, 3.63) is 46.5 Å². The molecule has 38 heavy (non-hydrogen) atoms. The van der Waals surface area contributed by atoms with E-state index in [-0.39, 0.29) is 34.9 Å². The number of allylic oxidation sites excluding steroid dienone is 2. The number of carbonyl (C=O) groups is 2. The van der Waals surface area contributed by atoms with E-state index in [9.17, 15) is 26.8 Å². The Morgan fingerprint density at radius 2 is 1.18 bits per heavy atom. The van der Waals surface area contributed by atoms with Crippen molar-refractivity contribution >= 4 is 49.2 Å². The van der Waals surface area contributed by atoms with Gasteiger partial charge >= 0.3 is 0 Å². The smallest absolute Gasteiger partial charge is 0.166 e. The Labute approximate surface area is 226 Å². The van der Waals surface area contributed by atoms with Crippen LogP contribution in [0.4, 0.5) is 0 Å². The lowest BCUT2D eigenvalue weighted by Gasteiger charge is -2.35. The van der Waals surface area contributed by atoms with Crippen LogP contribution in [0.5, 0.6) is 0 Å². The maximum atomic E-state index is 13.6. The fourth-order valence-electron chi connectivity index (χ4n) is 8.44. The molecule has 4 saturated carbocycles. The van der Waals surface area contributed by atoms with E-state index in [0.29, 0.717) is 24.0 Å². The minimum Gasteiger partial charge on any atom is -0.314 e. The van der Waals surface area contributed by atoms with Crippen LogP contribution < -0.4 is 0 Å². The molecule has 8 heteroatoms. The van der Waals surface area contributed by atoms with E-state index in [0.717, 1.165) is 24.0 Å². The van der Waals surface area contributed by atoms with Gasteiger partial charge in [0.1, 0.15) is 9.84 Å². The lowest BCUT2D eigenvalue weighted by molar-refractivity contribution is -0.125. The molecule has 1 aromatic carbocycles. The van der Waals surface area contributed by atoms with Gasteiger partial charge in [-0.05, 0) is 77.5 Å². The van der Waals surface area contributed by atoms with Gasteiger partial charge in [-0.3, -0.25) is 9.59 Å². The summed E-state index contributed by atoms with van der Waals surface area (Å²) in [6, 6.07) is 7.68. The van der Waals surface area contributed by atoms with Crippen LogP contribution in [0.25, 0.3) is 12.2 Å². The van der Waals surface area contributed by atoms with Crippen molar-refractivity contribution in [1.82, 2.24) is 0 Å². The summed E-state index contributed by atoms with van der Waals surface area (Å²) in [5.74, 6) is 3.16. The minimum atomic E-state index is -3.32. The molecule has 1 N–H and O–H groups in total. The first-order chi connectivity index (χ1) is 17.3. The van der Waals surface area contributed by atoms with E-state index in [1.807, 2.05) is 64.1 Å². The van der Waals surface area contributed by atoms with E-state index in [2.05, 4.69) is 5.87 Å². The first-order valence-electron chi connectivity index (χ1n) is 13.2. The van der Waals surface area contributed by atoms with Crippen LogP contribution in [0.15, 0.2) is 35.4 Å². The number of benzene rings is 1. The van der Waals surface area contributed by atoms with Crippen molar-refractivity contribution in [2.45, 2.75) is 53.4 Å². The van der Waals surface area contributed by atoms with Crippen molar-refractivity contribution in [2.24, 2.45) is 33.5 Å². The van der Waals surface area contributed by atoms with Crippen LogP contribution in [-0.2, 0) is 29.2 Å². The zero-order valence-corrected chi connectivity index (χ0v) is 24.5. The van der Waals surface area contributed by atoms with Crippen LogP contribution in [-0.4, -0.2) is 52.4 Å². The van der Waals surface area contributed by atoms with Gasteiger partial charge in [0.15, 0.2) is 11.6 Å². The second-order valence-corrected chi connectivity index (χ2v) is 17.3. The minimum absolute atomic E-state index is 0.0264. The number of ketones is 2. The highest BCUT2D eigenvalue weighted by Crippen LogP contribution is 2.67. The van der Waals surface area contributed by atoms with Gasteiger partial charge in [-0.2, -0.15) is 0 Å². The fourth-order valence-corrected chi connectivity index (χ4v) is 11.4. The molecule has 0 amide bonds. The summed E-state index contributed by atoms with van der Waals surface area (Å²) in [6.45, 7) is 8.09. The lowest BCUT2D eigenvalue weighted by atomic mass is 9.70. The predicted octanol–water partition coefficient (Wildman–Crippen LogP) is 4.70. The van der Waals surface area contributed by atoms with Crippen molar-refractivity contribution in [3.63, 3.8) is 0 Å². The molecule has 0 aromatic heterocycles. The molecule has 5 atom stereocenters. The first-order valence-corrected chi connectivity index (χ1v) is 17.1. The molecule has 4 bridgehead atoms. The lowest BCUT2D eigenvalue weighted by Crippen LogP contribution is -2.42. The van der Waals surface area contributed by atoms with Crippen LogP contribution in [0.1, 0.15) is 64.5 Å². The molecule has 0 radical (unpaired) electrons. The van der Waals surface area contributed by atoms with Crippen molar-refractivity contribution in [2.75, 3.05) is 17.8 Å². The molecular formula is C30H38O6S2. The number of hydrogen-bond acceptors (Lipinski definition) is 5. The Morgan fingerprint density at radius 1 is 0.816 bits per heavy atom. The zero-order chi connectivity index (χ0) is 28.1. The number of hydrogen-bond donors (Lipinski definition) is 1. The van der Waals surface area contributed by atoms with Gasteiger partial charge < -0.3 is 4.55 Å². The quantitative estimate of drug-likeness (QED) is 0.401. The Morgan fingerprint density at radius 3 is 1.53 bits per heavy atom. The summed E-state index contributed by atoms with van der Waals surface area (Å²) in [4.78, 5) is 27.1. The van der Waals surface area contributed by atoms with Gasteiger partial charge in [0.25, 0.3) is 0 Å². The fraction of sp³-hybridized carbons (Fsp3) is 0.567. The maximum absolute atomic E-state index is 13.6. The van der Waals surface area contributed by atoms with Crippen LogP contribution >= 0.6 is 0 Å². The zero-order valence-electron chi connectivity index (χ0n) is 22.9. The Bertz CT molecular complexity index is 1390. The molecule has 0 saturated heterocycles. The topological polar surface area (TPSA) is 106 Å². The molecule has 0 spiro atoms. The maximum Gasteiger partial charge on any atom is 0.166 e. The van der Waals surface area contributed by atoms with Crippen LogP contribution in [0, 0.1) is 33.5 Å². The predicted molar refractivity (Wildman–Crippen MR) is 153 cm³/mol. The van der Waals surface area contributed by atoms with E-state index >= 15 is 0 Å². The summed E-state index contributed by atoms with van der Waals surface area (Å²) in [7, 11) is -6.63. The van der Waals surface area contributed by atoms with Gasteiger partial charge in [-0.15, -0.1) is 0 Å². The largest absolute Gasteiger partial charge is 0.314 e. The third kappa shape index (κ3) is 3.85. The van der Waals surface area contributed by atoms with Gasteiger partial charge in [0.05, 0.1) is 32.1 Å². The third-order valence-electron chi connectivity index (χ3n) is 10.6. The number of sulfone groups is 1. The average molecular weight is 559 g/mol. The summed E-state index contributed by atoms with van der Waals surface area (Å²) < 4.78 is 46.7. The molecule has 6 nitrogen and oxygen atoms in total. The number of rotatable bonds is 6. The SMILES string of the molecule is C=S(=O)(O)CC12CCC(/C(=C\c3ccc(/C=C4/C(=O)C5(CS(C)(=O)=O)CCC4C5(C)C)cc3)C1=O)C2(C)C. The third-order valence-corrected chi connectivity index (χ3v) is 12.6. The number of carbonyl (C=O) groups excluding carboxylic acids is 2. The summed E-state index contributed by atoms with van der Waals surface area (Å²) in [5, 5.41) is 0. The Balaban J connectivity index is 1.44. The molecule has 1 aromatic rings. The van der Waals surface area contributed by atoms with Gasteiger partial charge in [-0.1, -0.05) is 52.0 Å². The highest BCUT2D eigenvalue weighted by molar-refractivity contribution is 7.95. The number of fused-ring (bicyclic) bond motifs is 4. The summed E-state index contributed by atoms with van der Waals surface area (Å²) >= 11 is 0.